The Balaban J connectivity index is 3.22. The third-order valence-electron chi connectivity index (χ3n) is 1.90. The molecule has 0 aliphatic carbocycles. The summed E-state index contributed by atoms with van der Waals surface area (Å²) in [6.45, 7) is 2.04. The van der Waals surface area contributed by atoms with Gasteiger partial charge < -0.3 is 4.74 Å². The smallest absolute Gasteiger partial charge is 0.292 e. The molecule has 4 heteroatoms. The van der Waals surface area contributed by atoms with Crippen molar-refractivity contribution < 1.29 is 4.74 Å². The van der Waals surface area contributed by atoms with Gasteiger partial charge in [-0.25, -0.2) is 0 Å². The van der Waals surface area contributed by atoms with Crippen molar-refractivity contribution in [3.05, 3.63) is 17.7 Å². The Kier molecular flexibility index (Phi) is 4.18. The van der Waals surface area contributed by atoms with Crippen LogP contribution in [0.2, 0.25) is 0 Å². The summed E-state index contributed by atoms with van der Waals surface area (Å²) in [6.07, 6.45) is 5.73. The molecule has 0 aliphatic rings. The van der Waals surface area contributed by atoms with Crippen molar-refractivity contribution in [1.82, 2.24) is 0 Å². The summed E-state index contributed by atoms with van der Waals surface area (Å²) in [5, 5.41) is 8.47. The van der Waals surface area contributed by atoms with Gasteiger partial charge in [-0.1, -0.05) is 0 Å². The van der Waals surface area contributed by atoms with Crippen molar-refractivity contribution in [2.24, 2.45) is 0 Å². The Hall–Kier alpha value is -0.790. The molecule has 0 saturated heterocycles. The molecule has 74 valence electrons. The van der Waals surface area contributed by atoms with Crippen LogP contribution in [0, 0.1) is 18.4 Å². The normalized spacial score (nSPS) is 9.57. The molecule has 0 spiro atoms. The fourth-order valence-corrected chi connectivity index (χ4v) is 2.66. The largest absolute Gasteiger partial charge is 0.387 e. The Morgan fingerprint density at radius 1 is 1.29 bits per heavy atom. The summed E-state index contributed by atoms with van der Waals surface area (Å²) < 4.78 is 4.88. The lowest BCUT2D eigenvalue weighted by molar-refractivity contribution is 0.493. The van der Waals surface area contributed by atoms with Crippen LogP contribution < -0.4 is 4.74 Å². The third kappa shape index (κ3) is 2.17. The van der Waals surface area contributed by atoms with Crippen LogP contribution in [0.15, 0.2) is 21.9 Å². The lowest BCUT2D eigenvalue weighted by Gasteiger charge is -2.10. The summed E-state index contributed by atoms with van der Waals surface area (Å²) in [4.78, 5) is 2.26. The van der Waals surface area contributed by atoms with E-state index >= 15 is 0 Å². The van der Waals surface area contributed by atoms with E-state index in [0.717, 1.165) is 4.90 Å². The molecule has 1 aromatic rings. The highest BCUT2D eigenvalue weighted by Gasteiger charge is 2.09. The van der Waals surface area contributed by atoms with E-state index in [9.17, 15) is 0 Å². The highest BCUT2D eigenvalue weighted by molar-refractivity contribution is 7.99. The molecule has 0 bridgehead atoms. The van der Waals surface area contributed by atoms with Gasteiger partial charge in [0.05, 0.1) is 4.90 Å². The minimum Gasteiger partial charge on any atom is -0.387 e. The molecule has 0 aliphatic heterocycles. The Morgan fingerprint density at radius 2 is 2.00 bits per heavy atom. The molecular weight excluding hydrogens is 214 g/mol. The number of rotatable bonds is 3. The topological polar surface area (TPSA) is 33.0 Å². The zero-order valence-electron chi connectivity index (χ0n) is 8.33. The number of hydrogen-bond donors (Lipinski definition) is 0. The predicted octanol–water partition coefficient (Wildman–Crippen LogP) is 3.30. The van der Waals surface area contributed by atoms with E-state index in [1.807, 2.05) is 31.6 Å². The van der Waals surface area contributed by atoms with E-state index in [-0.39, 0.29) is 0 Å². The molecule has 0 amide bonds. The van der Waals surface area contributed by atoms with Crippen molar-refractivity contribution in [1.29, 1.82) is 5.26 Å². The van der Waals surface area contributed by atoms with Gasteiger partial charge in [0.2, 0.25) is 0 Å². The van der Waals surface area contributed by atoms with Crippen molar-refractivity contribution in [2.45, 2.75) is 16.7 Å². The van der Waals surface area contributed by atoms with Crippen molar-refractivity contribution in [3.8, 4) is 12.0 Å². The number of hydrogen-bond acceptors (Lipinski definition) is 4. The number of benzene rings is 1. The lowest BCUT2D eigenvalue weighted by atomic mass is 10.2. The SMILES string of the molecule is CSc1ccc(OC#N)c(SC)c1C. The first kappa shape index (κ1) is 11.3. The van der Waals surface area contributed by atoms with Crippen LogP contribution in [0.25, 0.3) is 0 Å². The van der Waals surface area contributed by atoms with Gasteiger partial charge in [-0.05, 0) is 37.1 Å². The molecular formula is C10H11NOS2. The standard InChI is InChI=1S/C10H11NOS2/c1-7-9(13-2)5-4-8(12-6-11)10(7)14-3/h4-5H,1-3H3. The van der Waals surface area contributed by atoms with E-state index in [4.69, 9.17) is 10.00 Å². The van der Waals surface area contributed by atoms with E-state index in [2.05, 4.69) is 0 Å². The molecule has 1 aromatic carbocycles. The van der Waals surface area contributed by atoms with E-state index in [1.54, 1.807) is 29.8 Å². The fourth-order valence-electron chi connectivity index (χ4n) is 1.25. The number of nitrogens with zero attached hydrogens (tertiary/aromatic N) is 1. The van der Waals surface area contributed by atoms with Gasteiger partial charge in [-0.3, -0.25) is 0 Å². The monoisotopic (exact) mass is 225 g/mol. The van der Waals surface area contributed by atoms with Gasteiger partial charge in [0.1, 0.15) is 0 Å². The summed E-state index contributed by atoms with van der Waals surface area (Å²) in [6, 6.07) is 3.82. The van der Waals surface area contributed by atoms with Crippen LogP contribution in [0.1, 0.15) is 5.56 Å². The van der Waals surface area contributed by atoms with Gasteiger partial charge >= 0.3 is 0 Å². The summed E-state index contributed by atoms with van der Waals surface area (Å²) >= 11 is 3.30. The quantitative estimate of drug-likeness (QED) is 0.583. The average Bonchev–Trinajstić information content (AvgIpc) is 2.19. The fraction of sp³-hybridized carbons (Fsp3) is 0.300. The summed E-state index contributed by atoms with van der Waals surface area (Å²) in [5.74, 6) is 0.648. The van der Waals surface area contributed by atoms with Gasteiger partial charge in [-0.15, -0.1) is 28.8 Å². The minimum absolute atomic E-state index is 0.648. The van der Waals surface area contributed by atoms with E-state index in [0.29, 0.717) is 5.75 Å². The Bertz CT molecular complexity index is 371. The first-order valence-electron chi connectivity index (χ1n) is 4.02. The number of thioether (sulfide) groups is 2. The van der Waals surface area contributed by atoms with Gasteiger partial charge in [-0.2, -0.15) is 0 Å². The molecule has 0 heterocycles. The Labute approximate surface area is 92.6 Å². The molecule has 0 radical (unpaired) electrons. The second-order valence-electron chi connectivity index (χ2n) is 2.62. The van der Waals surface area contributed by atoms with Gasteiger partial charge in [0.15, 0.2) is 5.75 Å². The zero-order chi connectivity index (χ0) is 10.6. The first-order chi connectivity index (χ1) is 6.74. The first-order valence-corrected chi connectivity index (χ1v) is 6.47. The summed E-state index contributed by atoms with van der Waals surface area (Å²) in [5.41, 5.74) is 1.18. The van der Waals surface area contributed by atoms with E-state index < -0.39 is 0 Å². The molecule has 2 nitrogen and oxygen atoms in total. The molecule has 0 saturated carbocycles. The van der Waals surface area contributed by atoms with Gasteiger partial charge in [0, 0.05) is 4.90 Å². The molecule has 0 N–H and O–H groups in total. The maximum atomic E-state index is 8.47. The molecule has 0 fully saturated rings. The van der Waals surface area contributed by atoms with Crippen LogP contribution in [0.5, 0.6) is 5.75 Å². The number of nitriles is 1. The van der Waals surface area contributed by atoms with Crippen molar-refractivity contribution >= 4 is 23.5 Å². The second-order valence-corrected chi connectivity index (χ2v) is 4.28. The van der Waals surface area contributed by atoms with Crippen LogP contribution in [0.3, 0.4) is 0 Å². The Morgan fingerprint density at radius 3 is 2.50 bits per heavy atom. The summed E-state index contributed by atoms with van der Waals surface area (Å²) in [7, 11) is 0. The predicted molar refractivity (Wildman–Crippen MR) is 61.0 cm³/mol. The van der Waals surface area contributed by atoms with Crippen LogP contribution in [0.4, 0.5) is 0 Å². The molecule has 0 atom stereocenters. The van der Waals surface area contributed by atoms with Crippen LogP contribution in [-0.4, -0.2) is 12.5 Å². The highest BCUT2D eigenvalue weighted by Crippen LogP contribution is 2.35. The minimum atomic E-state index is 0.648. The highest BCUT2D eigenvalue weighted by atomic mass is 32.2. The molecule has 1 rings (SSSR count). The van der Waals surface area contributed by atoms with Crippen molar-refractivity contribution in [3.63, 3.8) is 0 Å². The third-order valence-corrected chi connectivity index (χ3v) is 3.70. The van der Waals surface area contributed by atoms with E-state index in [1.165, 1.54) is 10.5 Å². The second kappa shape index (κ2) is 5.18. The number of ether oxygens (including phenoxy) is 1. The zero-order valence-corrected chi connectivity index (χ0v) is 9.96. The maximum absolute atomic E-state index is 8.47. The van der Waals surface area contributed by atoms with Crippen molar-refractivity contribution in [2.75, 3.05) is 12.5 Å². The molecule has 0 unspecified atom stereocenters. The molecule has 0 aromatic heterocycles. The van der Waals surface area contributed by atoms with Crippen LogP contribution >= 0.6 is 23.5 Å². The average molecular weight is 225 g/mol. The maximum Gasteiger partial charge on any atom is 0.292 e. The van der Waals surface area contributed by atoms with Crippen LogP contribution in [-0.2, 0) is 0 Å². The lowest BCUT2D eigenvalue weighted by Crippen LogP contribution is -1.90. The van der Waals surface area contributed by atoms with Gasteiger partial charge in [0.25, 0.3) is 6.26 Å². The molecule has 14 heavy (non-hydrogen) atoms.